The van der Waals surface area contributed by atoms with E-state index in [4.69, 9.17) is 0 Å². The number of thiophene rings is 1. The fourth-order valence-corrected chi connectivity index (χ4v) is 4.38. The van der Waals surface area contributed by atoms with Crippen LogP contribution >= 0.6 is 11.3 Å². The quantitative estimate of drug-likeness (QED) is 0.802. The monoisotopic (exact) mass is 308 g/mol. The molecule has 1 aliphatic heterocycles. The normalized spacial score (nSPS) is 34.0. The van der Waals surface area contributed by atoms with Crippen LogP contribution in [0.2, 0.25) is 0 Å². The minimum Gasteiger partial charge on any atom is -0.388 e. The Morgan fingerprint density at radius 2 is 2.24 bits per heavy atom. The molecule has 2 fully saturated rings. The van der Waals surface area contributed by atoms with E-state index >= 15 is 0 Å². The topological polar surface area (TPSA) is 61.4 Å². The van der Waals surface area contributed by atoms with Crippen LogP contribution in [0, 0.1) is 5.92 Å². The predicted molar refractivity (Wildman–Crippen MR) is 84.2 cm³/mol. The van der Waals surface area contributed by atoms with Gasteiger partial charge in [-0.3, -0.25) is 4.79 Å². The number of hydrogen-bond donors (Lipinski definition) is 3. The third kappa shape index (κ3) is 3.15. The molecule has 5 heteroatoms. The number of nitrogens with one attached hydrogen (secondary N) is 2. The van der Waals surface area contributed by atoms with Gasteiger partial charge in [-0.1, -0.05) is 18.9 Å². The van der Waals surface area contributed by atoms with Gasteiger partial charge in [-0.2, -0.15) is 0 Å². The second-order valence-electron chi connectivity index (χ2n) is 6.52. The smallest absolute Gasteiger partial charge is 0.223 e. The van der Waals surface area contributed by atoms with E-state index < -0.39 is 5.60 Å². The van der Waals surface area contributed by atoms with Crippen molar-refractivity contribution in [1.82, 2.24) is 10.6 Å². The first-order valence-electron chi connectivity index (χ1n) is 7.87. The van der Waals surface area contributed by atoms with Crippen molar-refractivity contribution in [2.24, 2.45) is 5.92 Å². The van der Waals surface area contributed by atoms with Gasteiger partial charge in [0.1, 0.15) is 0 Å². The molecule has 116 valence electrons. The summed E-state index contributed by atoms with van der Waals surface area (Å²) in [7, 11) is 0. The van der Waals surface area contributed by atoms with Gasteiger partial charge in [-0.15, -0.1) is 11.3 Å². The van der Waals surface area contributed by atoms with Crippen molar-refractivity contribution in [1.29, 1.82) is 0 Å². The van der Waals surface area contributed by atoms with Crippen molar-refractivity contribution < 1.29 is 9.90 Å². The fourth-order valence-electron chi connectivity index (χ4n) is 3.54. The van der Waals surface area contributed by atoms with E-state index in [0.717, 1.165) is 32.2 Å². The molecular formula is C16H24N2O2S. The summed E-state index contributed by atoms with van der Waals surface area (Å²) >= 11 is 1.67. The Hall–Kier alpha value is -0.910. The van der Waals surface area contributed by atoms with Gasteiger partial charge in [-0.05, 0) is 44.2 Å². The Kier molecular flexibility index (Phi) is 4.33. The minimum absolute atomic E-state index is 0.000830. The van der Waals surface area contributed by atoms with Crippen molar-refractivity contribution in [3.8, 4) is 0 Å². The van der Waals surface area contributed by atoms with Crippen LogP contribution in [0.3, 0.4) is 0 Å². The molecule has 1 amide bonds. The van der Waals surface area contributed by atoms with Crippen molar-refractivity contribution in [2.75, 3.05) is 6.54 Å². The maximum Gasteiger partial charge on any atom is 0.223 e. The lowest BCUT2D eigenvalue weighted by Gasteiger charge is -2.43. The summed E-state index contributed by atoms with van der Waals surface area (Å²) in [6.07, 6.45) is 4.91. The number of hydrogen-bond acceptors (Lipinski definition) is 4. The zero-order valence-electron chi connectivity index (χ0n) is 12.5. The van der Waals surface area contributed by atoms with E-state index in [1.54, 1.807) is 11.3 Å². The summed E-state index contributed by atoms with van der Waals surface area (Å²) in [5.74, 6) is 0.245. The first-order valence-corrected chi connectivity index (χ1v) is 8.75. The lowest BCUT2D eigenvalue weighted by atomic mass is 9.83. The SMILES string of the molecule is C[C@@]1(O)CCN[C@@H](c2cccs2)[C@@H]1NC(=O)C1CCCC1. The molecule has 21 heavy (non-hydrogen) atoms. The van der Waals surface area contributed by atoms with Gasteiger partial charge >= 0.3 is 0 Å². The van der Waals surface area contributed by atoms with Gasteiger partial charge in [0.2, 0.25) is 5.91 Å². The van der Waals surface area contributed by atoms with E-state index in [2.05, 4.69) is 16.7 Å². The molecule has 3 rings (SSSR count). The first-order chi connectivity index (χ1) is 10.1. The second-order valence-corrected chi connectivity index (χ2v) is 7.50. The van der Waals surface area contributed by atoms with Gasteiger partial charge in [0.05, 0.1) is 17.7 Å². The molecule has 1 aromatic rings. The van der Waals surface area contributed by atoms with E-state index in [-0.39, 0.29) is 23.9 Å². The third-order valence-corrected chi connectivity index (χ3v) is 5.83. The van der Waals surface area contributed by atoms with Gasteiger partial charge in [0, 0.05) is 10.8 Å². The summed E-state index contributed by atoms with van der Waals surface area (Å²) in [4.78, 5) is 13.6. The van der Waals surface area contributed by atoms with E-state index in [1.807, 2.05) is 18.4 Å². The summed E-state index contributed by atoms with van der Waals surface area (Å²) in [6, 6.07) is 3.82. The van der Waals surface area contributed by atoms with Crippen molar-refractivity contribution in [3.63, 3.8) is 0 Å². The molecule has 2 aliphatic rings. The molecule has 3 N–H and O–H groups in total. The fraction of sp³-hybridized carbons (Fsp3) is 0.688. The summed E-state index contributed by atoms with van der Waals surface area (Å²) in [5, 5.41) is 19.4. The Labute approximate surface area is 129 Å². The second kappa shape index (κ2) is 6.07. The van der Waals surface area contributed by atoms with E-state index in [9.17, 15) is 9.90 Å². The third-order valence-electron chi connectivity index (χ3n) is 4.87. The predicted octanol–water partition coefficient (Wildman–Crippen LogP) is 2.21. The molecular weight excluding hydrogens is 284 g/mol. The molecule has 1 saturated heterocycles. The standard InChI is InChI=1S/C16H24N2O2S/c1-16(20)8-9-17-13(12-7-4-10-21-12)14(16)18-15(19)11-5-2-3-6-11/h4,7,10-11,13-14,17,20H,2-3,5-6,8-9H2,1H3,(H,18,19)/t13-,14-,16+/m0/s1. The summed E-state index contributed by atoms with van der Waals surface area (Å²) in [6.45, 7) is 2.61. The zero-order chi connectivity index (χ0) is 14.9. The van der Waals surface area contributed by atoms with E-state index in [1.165, 1.54) is 4.88 Å². The molecule has 0 spiro atoms. The van der Waals surface area contributed by atoms with Crippen molar-refractivity contribution in [2.45, 2.75) is 56.7 Å². The number of carbonyl (C=O) groups excluding carboxylic acids is 1. The number of amides is 1. The molecule has 1 aliphatic carbocycles. The average Bonchev–Trinajstić information content (AvgIpc) is 3.13. The maximum atomic E-state index is 12.5. The van der Waals surface area contributed by atoms with Gasteiger partial charge in [-0.25, -0.2) is 0 Å². The van der Waals surface area contributed by atoms with Crippen molar-refractivity contribution >= 4 is 17.2 Å². The largest absolute Gasteiger partial charge is 0.388 e. The zero-order valence-corrected chi connectivity index (χ0v) is 13.3. The van der Waals surface area contributed by atoms with Crippen LogP contribution < -0.4 is 10.6 Å². The highest BCUT2D eigenvalue weighted by atomic mass is 32.1. The lowest BCUT2D eigenvalue weighted by molar-refractivity contribution is -0.129. The molecule has 0 radical (unpaired) electrons. The van der Waals surface area contributed by atoms with Crippen LogP contribution in [0.5, 0.6) is 0 Å². The van der Waals surface area contributed by atoms with E-state index in [0.29, 0.717) is 6.42 Å². The van der Waals surface area contributed by atoms with Crippen molar-refractivity contribution in [3.05, 3.63) is 22.4 Å². The van der Waals surface area contributed by atoms with Crippen LogP contribution in [-0.4, -0.2) is 29.2 Å². The van der Waals surface area contributed by atoms with Crippen LogP contribution in [0.1, 0.15) is 49.9 Å². The maximum absolute atomic E-state index is 12.5. The number of rotatable bonds is 3. The Morgan fingerprint density at radius 3 is 2.90 bits per heavy atom. The summed E-state index contributed by atoms with van der Waals surface area (Å²) in [5.41, 5.74) is -0.867. The minimum atomic E-state index is -0.867. The highest BCUT2D eigenvalue weighted by molar-refractivity contribution is 7.10. The average molecular weight is 308 g/mol. The molecule has 0 aromatic carbocycles. The van der Waals surface area contributed by atoms with Crippen LogP contribution in [0.4, 0.5) is 0 Å². The number of piperidine rings is 1. The van der Waals surface area contributed by atoms with Crippen LogP contribution in [0.25, 0.3) is 0 Å². The molecule has 1 saturated carbocycles. The van der Waals surface area contributed by atoms with Gasteiger partial charge in [0.25, 0.3) is 0 Å². The molecule has 4 nitrogen and oxygen atoms in total. The number of aliphatic hydroxyl groups is 1. The molecule has 0 unspecified atom stereocenters. The lowest BCUT2D eigenvalue weighted by Crippen LogP contribution is -2.62. The highest BCUT2D eigenvalue weighted by Gasteiger charge is 2.43. The Morgan fingerprint density at radius 1 is 1.48 bits per heavy atom. The number of carbonyl (C=O) groups is 1. The molecule has 1 aromatic heterocycles. The highest BCUT2D eigenvalue weighted by Crippen LogP contribution is 2.34. The summed E-state index contributed by atoms with van der Waals surface area (Å²) < 4.78 is 0. The Balaban J connectivity index is 1.77. The van der Waals surface area contributed by atoms with Gasteiger partial charge in [0.15, 0.2) is 0 Å². The first kappa shape index (κ1) is 15.0. The van der Waals surface area contributed by atoms with Crippen LogP contribution in [0.15, 0.2) is 17.5 Å². The Bertz CT molecular complexity index is 480. The molecule has 3 atom stereocenters. The van der Waals surface area contributed by atoms with Crippen LogP contribution in [-0.2, 0) is 4.79 Å². The molecule has 0 bridgehead atoms. The van der Waals surface area contributed by atoms with Gasteiger partial charge < -0.3 is 15.7 Å². The molecule has 2 heterocycles.